The van der Waals surface area contributed by atoms with Crippen molar-refractivity contribution in [3.8, 4) is 0 Å². The Morgan fingerprint density at radius 3 is 2.59 bits per heavy atom. The number of piperidine rings is 1. The molecule has 4 nitrogen and oxygen atoms in total. The van der Waals surface area contributed by atoms with E-state index in [-0.39, 0.29) is 11.8 Å². The highest BCUT2D eigenvalue weighted by Gasteiger charge is 2.32. The van der Waals surface area contributed by atoms with Crippen molar-refractivity contribution in [2.24, 2.45) is 0 Å². The molecule has 27 heavy (non-hydrogen) atoms. The second-order valence-electron chi connectivity index (χ2n) is 6.61. The minimum absolute atomic E-state index is 0.0307. The third-order valence-electron chi connectivity index (χ3n) is 4.76. The first-order chi connectivity index (χ1) is 13.1. The monoisotopic (exact) mass is 404 g/mol. The number of benzene rings is 2. The average molecular weight is 405 g/mol. The summed E-state index contributed by atoms with van der Waals surface area (Å²) in [6, 6.07) is 14.3. The lowest BCUT2D eigenvalue weighted by atomic mass is 10.0. The van der Waals surface area contributed by atoms with E-state index in [1.54, 1.807) is 11.0 Å². The predicted molar refractivity (Wildman–Crippen MR) is 108 cm³/mol. The number of amides is 2. The van der Waals surface area contributed by atoms with Crippen LogP contribution >= 0.6 is 23.2 Å². The highest BCUT2D eigenvalue weighted by atomic mass is 35.5. The molecule has 1 aliphatic rings. The van der Waals surface area contributed by atoms with Crippen molar-refractivity contribution in [1.29, 1.82) is 0 Å². The molecule has 0 bridgehead atoms. The van der Waals surface area contributed by atoms with E-state index in [9.17, 15) is 9.59 Å². The van der Waals surface area contributed by atoms with Crippen LogP contribution < -0.4 is 5.32 Å². The molecule has 0 saturated carbocycles. The molecule has 0 spiro atoms. The molecule has 1 atom stereocenters. The van der Waals surface area contributed by atoms with Gasteiger partial charge in [-0.1, -0.05) is 65.7 Å². The van der Waals surface area contributed by atoms with E-state index in [0.29, 0.717) is 36.0 Å². The highest BCUT2D eigenvalue weighted by Crippen LogP contribution is 2.27. The summed E-state index contributed by atoms with van der Waals surface area (Å²) in [6.07, 6.45) is 2.86. The van der Waals surface area contributed by atoms with Gasteiger partial charge in [0.05, 0.1) is 10.0 Å². The van der Waals surface area contributed by atoms with Crippen LogP contribution in [0.15, 0.2) is 48.5 Å². The molecule has 1 heterocycles. The third kappa shape index (κ3) is 4.82. The van der Waals surface area contributed by atoms with Gasteiger partial charge in [-0.25, -0.2) is 0 Å². The molecule has 2 aromatic carbocycles. The SMILES string of the molecule is O=C(NCCc1cccc(Cl)c1Cl)C(c1ccccc1)N1CCCCC1=O. The van der Waals surface area contributed by atoms with Crippen LogP contribution in [0.2, 0.25) is 10.0 Å². The number of carbonyl (C=O) groups is 2. The van der Waals surface area contributed by atoms with Gasteiger partial charge in [0.25, 0.3) is 0 Å². The summed E-state index contributed by atoms with van der Waals surface area (Å²) in [4.78, 5) is 27.1. The van der Waals surface area contributed by atoms with Crippen LogP contribution in [0.5, 0.6) is 0 Å². The summed E-state index contributed by atoms with van der Waals surface area (Å²) in [7, 11) is 0. The van der Waals surface area contributed by atoms with Crippen LogP contribution in [-0.4, -0.2) is 29.8 Å². The Morgan fingerprint density at radius 2 is 1.85 bits per heavy atom. The standard InChI is InChI=1S/C21H22Cl2N2O2/c22-17-10-6-9-15(19(17)23)12-13-24-21(27)20(16-7-2-1-3-8-16)25-14-5-4-11-18(25)26/h1-3,6-10,20H,4-5,11-14H2,(H,24,27). The minimum Gasteiger partial charge on any atom is -0.354 e. The number of likely N-dealkylation sites (tertiary alicyclic amines) is 1. The van der Waals surface area contributed by atoms with Gasteiger partial charge in [0, 0.05) is 19.5 Å². The minimum atomic E-state index is -0.603. The van der Waals surface area contributed by atoms with Gasteiger partial charge in [-0.3, -0.25) is 9.59 Å². The lowest BCUT2D eigenvalue weighted by molar-refractivity contribution is -0.142. The zero-order valence-corrected chi connectivity index (χ0v) is 16.5. The molecule has 2 aromatic rings. The molecule has 1 saturated heterocycles. The van der Waals surface area contributed by atoms with Gasteiger partial charge in [0.1, 0.15) is 6.04 Å². The Labute approximate surface area is 169 Å². The van der Waals surface area contributed by atoms with Crippen LogP contribution in [0.25, 0.3) is 0 Å². The van der Waals surface area contributed by atoms with Crippen molar-refractivity contribution in [2.75, 3.05) is 13.1 Å². The summed E-state index contributed by atoms with van der Waals surface area (Å²) < 4.78 is 0. The molecule has 1 N–H and O–H groups in total. The first kappa shape index (κ1) is 19.7. The van der Waals surface area contributed by atoms with Gasteiger partial charge in [-0.05, 0) is 36.5 Å². The maximum Gasteiger partial charge on any atom is 0.247 e. The molecule has 2 amide bonds. The molecule has 0 aliphatic carbocycles. The lowest BCUT2D eigenvalue weighted by Gasteiger charge is -2.34. The number of hydrogen-bond donors (Lipinski definition) is 1. The maximum absolute atomic E-state index is 13.0. The summed E-state index contributed by atoms with van der Waals surface area (Å²) in [5.41, 5.74) is 1.71. The smallest absolute Gasteiger partial charge is 0.247 e. The number of halogens is 2. The normalized spacial score (nSPS) is 15.5. The molecule has 6 heteroatoms. The Hall–Kier alpha value is -2.04. The lowest BCUT2D eigenvalue weighted by Crippen LogP contribution is -2.46. The Balaban J connectivity index is 1.71. The zero-order valence-electron chi connectivity index (χ0n) is 15.0. The summed E-state index contributed by atoms with van der Waals surface area (Å²) >= 11 is 12.3. The molecule has 142 valence electrons. The van der Waals surface area contributed by atoms with E-state index >= 15 is 0 Å². The molecule has 0 aromatic heterocycles. The molecule has 1 aliphatic heterocycles. The van der Waals surface area contributed by atoms with Crippen LogP contribution in [-0.2, 0) is 16.0 Å². The fourth-order valence-corrected chi connectivity index (χ4v) is 3.78. The Morgan fingerprint density at radius 1 is 1.07 bits per heavy atom. The number of carbonyl (C=O) groups excluding carboxylic acids is 2. The fourth-order valence-electron chi connectivity index (χ4n) is 3.37. The second kappa shape index (κ2) is 9.25. The van der Waals surface area contributed by atoms with E-state index in [2.05, 4.69) is 5.32 Å². The van der Waals surface area contributed by atoms with Crippen LogP contribution in [0.3, 0.4) is 0 Å². The Bertz CT molecular complexity index is 811. The zero-order chi connectivity index (χ0) is 19.2. The van der Waals surface area contributed by atoms with E-state index in [0.717, 1.165) is 24.0 Å². The summed E-state index contributed by atoms with van der Waals surface area (Å²) in [5, 5.41) is 3.97. The molecular weight excluding hydrogens is 383 g/mol. The first-order valence-corrected chi connectivity index (χ1v) is 9.88. The third-order valence-corrected chi connectivity index (χ3v) is 5.62. The van der Waals surface area contributed by atoms with Crippen molar-refractivity contribution in [2.45, 2.75) is 31.7 Å². The van der Waals surface area contributed by atoms with Gasteiger partial charge in [0.15, 0.2) is 0 Å². The highest BCUT2D eigenvalue weighted by molar-refractivity contribution is 6.42. The molecular formula is C21H22Cl2N2O2. The second-order valence-corrected chi connectivity index (χ2v) is 7.40. The van der Waals surface area contributed by atoms with Crippen molar-refractivity contribution in [3.05, 3.63) is 69.7 Å². The summed E-state index contributed by atoms with van der Waals surface area (Å²) in [6.45, 7) is 1.02. The van der Waals surface area contributed by atoms with Gasteiger partial charge >= 0.3 is 0 Å². The average Bonchev–Trinajstić information content (AvgIpc) is 2.68. The van der Waals surface area contributed by atoms with Gasteiger partial charge in [-0.15, -0.1) is 0 Å². The number of nitrogens with one attached hydrogen (secondary N) is 1. The summed E-state index contributed by atoms with van der Waals surface area (Å²) in [5.74, 6) is -0.141. The van der Waals surface area contributed by atoms with E-state index in [1.807, 2.05) is 42.5 Å². The van der Waals surface area contributed by atoms with Crippen molar-refractivity contribution >= 4 is 35.0 Å². The predicted octanol–water partition coefficient (Wildman–Crippen LogP) is 4.41. The maximum atomic E-state index is 13.0. The Kier molecular flexibility index (Phi) is 6.75. The van der Waals surface area contributed by atoms with Crippen LogP contribution in [0.4, 0.5) is 0 Å². The van der Waals surface area contributed by atoms with Crippen LogP contribution in [0.1, 0.15) is 36.4 Å². The van der Waals surface area contributed by atoms with E-state index in [1.165, 1.54) is 0 Å². The van der Waals surface area contributed by atoms with Gasteiger partial charge in [0.2, 0.25) is 11.8 Å². The van der Waals surface area contributed by atoms with Gasteiger partial charge < -0.3 is 10.2 Å². The van der Waals surface area contributed by atoms with Crippen LogP contribution in [0, 0.1) is 0 Å². The molecule has 1 fully saturated rings. The van der Waals surface area contributed by atoms with Crippen molar-refractivity contribution < 1.29 is 9.59 Å². The van der Waals surface area contributed by atoms with E-state index < -0.39 is 6.04 Å². The fraction of sp³-hybridized carbons (Fsp3) is 0.333. The molecule has 1 unspecified atom stereocenters. The number of hydrogen-bond acceptors (Lipinski definition) is 2. The van der Waals surface area contributed by atoms with Crippen molar-refractivity contribution in [1.82, 2.24) is 10.2 Å². The molecule has 0 radical (unpaired) electrons. The van der Waals surface area contributed by atoms with Crippen molar-refractivity contribution in [3.63, 3.8) is 0 Å². The molecule has 3 rings (SSSR count). The van der Waals surface area contributed by atoms with E-state index in [4.69, 9.17) is 23.2 Å². The topological polar surface area (TPSA) is 49.4 Å². The van der Waals surface area contributed by atoms with Gasteiger partial charge in [-0.2, -0.15) is 0 Å². The first-order valence-electron chi connectivity index (χ1n) is 9.13. The quantitative estimate of drug-likeness (QED) is 0.774. The largest absolute Gasteiger partial charge is 0.354 e. The number of rotatable bonds is 6. The number of nitrogens with zero attached hydrogens (tertiary/aromatic N) is 1.